The smallest absolute Gasteiger partial charge is 0.379 e. The number of esters is 1. The van der Waals surface area contributed by atoms with Crippen molar-refractivity contribution in [2.45, 2.75) is 6.92 Å². The Kier molecular flexibility index (Phi) is 4.25. The maximum absolute atomic E-state index is 12.8. The highest BCUT2D eigenvalue weighted by Crippen LogP contribution is 2.20. The molecule has 0 radical (unpaired) electrons. The predicted molar refractivity (Wildman–Crippen MR) is 72.8 cm³/mol. The molecule has 0 N–H and O–H groups in total. The minimum absolute atomic E-state index is 0.165. The van der Waals surface area contributed by atoms with Crippen molar-refractivity contribution in [1.82, 2.24) is 0 Å². The van der Waals surface area contributed by atoms with Gasteiger partial charge in [0.05, 0.1) is 6.61 Å². The van der Waals surface area contributed by atoms with Gasteiger partial charge in [0.15, 0.2) is 0 Å². The zero-order valence-electron chi connectivity index (χ0n) is 10.9. The topological polar surface area (TPSA) is 43.4 Å². The van der Waals surface area contributed by atoms with Gasteiger partial charge in [0.1, 0.15) is 5.82 Å². The highest BCUT2D eigenvalue weighted by Gasteiger charge is 2.17. The fraction of sp³-hybridized carbons (Fsp3) is 0.125. The summed E-state index contributed by atoms with van der Waals surface area (Å²) in [6.07, 6.45) is 0. The van der Waals surface area contributed by atoms with Crippen molar-refractivity contribution in [1.29, 1.82) is 0 Å². The van der Waals surface area contributed by atoms with Crippen LogP contribution in [-0.2, 0) is 9.53 Å². The van der Waals surface area contributed by atoms with Crippen LogP contribution in [0, 0.1) is 5.82 Å². The van der Waals surface area contributed by atoms with Crippen LogP contribution in [-0.4, -0.2) is 18.4 Å². The van der Waals surface area contributed by atoms with Gasteiger partial charge in [0.2, 0.25) is 0 Å². The van der Waals surface area contributed by atoms with Crippen LogP contribution in [0.15, 0.2) is 48.5 Å². The molecule has 0 fully saturated rings. The molecule has 0 spiro atoms. The number of benzene rings is 2. The third-order valence-electron chi connectivity index (χ3n) is 2.79. The van der Waals surface area contributed by atoms with E-state index >= 15 is 0 Å². The summed E-state index contributed by atoms with van der Waals surface area (Å²) >= 11 is 0. The van der Waals surface area contributed by atoms with Crippen LogP contribution >= 0.6 is 0 Å². The van der Waals surface area contributed by atoms with Gasteiger partial charge in [0, 0.05) is 5.56 Å². The quantitative estimate of drug-likeness (QED) is 0.487. The Morgan fingerprint density at radius 3 is 1.95 bits per heavy atom. The molecule has 0 aromatic heterocycles. The van der Waals surface area contributed by atoms with Crippen LogP contribution in [0.5, 0.6) is 0 Å². The molecule has 0 saturated heterocycles. The lowest BCUT2D eigenvalue weighted by Crippen LogP contribution is -2.17. The number of halogens is 1. The largest absolute Gasteiger partial charge is 0.460 e. The Morgan fingerprint density at radius 2 is 1.45 bits per heavy atom. The van der Waals surface area contributed by atoms with E-state index in [-0.39, 0.29) is 18.0 Å². The van der Waals surface area contributed by atoms with Crippen molar-refractivity contribution >= 4 is 11.8 Å². The number of ketones is 1. The van der Waals surface area contributed by atoms with E-state index in [1.165, 1.54) is 12.1 Å². The average molecular weight is 272 g/mol. The Hall–Kier alpha value is -2.49. The normalized spacial score (nSPS) is 10.1. The van der Waals surface area contributed by atoms with E-state index in [4.69, 9.17) is 0 Å². The fourth-order valence-electron chi connectivity index (χ4n) is 1.77. The van der Waals surface area contributed by atoms with E-state index < -0.39 is 11.8 Å². The van der Waals surface area contributed by atoms with Crippen LogP contribution < -0.4 is 0 Å². The molecule has 0 unspecified atom stereocenters. The van der Waals surface area contributed by atoms with Crippen LogP contribution in [0.3, 0.4) is 0 Å². The number of rotatable bonds is 4. The molecule has 2 aromatic rings. The highest BCUT2D eigenvalue weighted by atomic mass is 19.1. The maximum Gasteiger partial charge on any atom is 0.379 e. The summed E-state index contributed by atoms with van der Waals surface area (Å²) in [4.78, 5) is 23.0. The second-order valence-electron chi connectivity index (χ2n) is 4.13. The second-order valence-corrected chi connectivity index (χ2v) is 4.13. The van der Waals surface area contributed by atoms with Crippen molar-refractivity contribution in [2.24, 2.45) is 0 Å². The number of carbonyl (C=O) groups excluding carboxylic acids is 2. The molecule has 0 amide bonds. The van der Waals surface area contributed by atoms with Gasteiger partial charge in [0.25, 0.3) is 5.78 Å². The maximum atomic E-state index is 12.8. The summed E-state index contributed by atoms with van der Waals surface area (Å²) in [5.74, 6) is -1.83. The molecule has 0 aliphatic rings. The summed E-state index contributed by atoms with van der Waals surface area (Å²) in [5.41, 5.74) is 1.95. The third-order valence-corrected chi connectivity index (χ3v) is 2.79. The van der Waals surface area contributed by atoms with Crippen LogP contribution in [0.2, 0.25) is 0 Å². The molecule has 3 nitrogen and oxygen atoms in total. The lowest BCUT2D eigenvalue weighted by molar-refractivity contribution is -0.137. The third kappa shape index (κ3) is 3.09. The van der Waals surface area contributed by atoms with Gasteiger partial charge < -0.3 is 4.74 Å². The van der Waals surface area contributed by atoms with E-state index in [1.54, 1.807) is 43.3 Å². The molecule has 0 bridgehead atoms. The molecule has 102 valence electrons. The van der Waals surface area contributed by atoms with Gasteiger partial charge in [-0.1, -0.05) is 36.4 Å². The molecule has 20 heavy (non-hydrogen) atoms. The number of hydrogen-bond acceptors (Lipinski definition) is 3. The monoisotopic (exact) mass is 272 g/mol. The first-order chi connectivity index (χ1) is 9.61. The molecule has 0 atom stereocenters. The van der Waals surface area contributed by atoms with Crippen molar-refractivity contribution in [3.8, 4) is 11.1 Å². The van der Waals surface area contributed by atoms with E-state index in [2.05, 4.69) is 4.74 Å². The lowest BCUT2D eigenvalue weighted by atomic mass is 10.0. The van der Waals surface area contributed by atoms with Gasteiger partial charge in [-0.2, -0.15) is 0 Å². The average Bonchev–Trinajstić information content (AvgIpc) is 2.48. The van der Waals surface area contributed by atoms with Crippen molar-refractivity contribution < 1.29 is 18.7 Å². The molecule has 4 heteroatoms. The Balaban J connectivity index is 2.20. The number of Topliss-reactive ketones (excluding diaryl/α,β-unsaturated/α-hetero) is 1. The standard InChI is InChI=1S/C16H13FO3/c1-2-20-16(19)15(18)13-5-3-11(4-6-13)12-7-9-14(17)10-8-12/h3-10H,2H2,1H3. The molecule has 0 aliphatic carbocycles. The van der Waals surface area contributed by atoms with Crippen LogP contribution in [0.1, 0.15) is 17.3 Å². The van der Waals surface area contributed by atoms with Crippen molar-refractivity contribution in [2.75, 3.05) is 6.61 Å². The molecule has 0 heterocycles. The van der Waals surface area contributed by atoms with Crippen LogP contribution in [0.25, 0.3) is 11.1 Å². The molecular formula is C16H13FO3. The fourth-order valence-corrected chi connectivity index (χ4v) is 1.77. The van der Waals surface area contributed by atoms with E-state index in [0.717, 1.165) is 11.1 Å². The molecule has 2 rings (SSSR count). The number of ether oxygens (including phenoxy) is 1. The Morgan fingerprint density at radius 1 is 0.950 bits per heavy atom. The predicted octanol–water partition coefficient (Wildman–Crippen LogP) is 3.24. The molecule has 0 saturated carbocycles. The first-order valence-corrected chi connectivity index (χ1v) is 6.19. The summed E-state index contributed by atoms with van der Waals surface area (Å²) < 4.78 is 17.5. The minimum Gasteiger partial charge on any atom is -0.460 e. The van der Waals surface area contributed by atoms with Crippen LogP contribution in [0.4, 0.5) is 4.39 Å². The van der Waals surface area contributed by atoms with Crippen molar-refractivity contribution in [3.63, 3.8) is 0 Å². The summed E-state index contributed by atoms with van der Waals surface area (Å²) in [5, 5.41) is 0. The minimum atomic E-state index is -0.859. The van der Waals surface area contributed by atoms with Gasteiger partial charge in [-0.15, -0.1) is 0 Å². The van der Waals surface area contributed by atoms with Gasteiger partial charge in [-0.25, -0.2) is 9.18 Å². The van der Waals surface area contributed by atoms with E-state index in [1.807, 2.05) is 0 Å². The van der Waals surface area contributed by atoms with Gasteiger partial charge in [-0.3, -0.25) is 4.79 Å². The zero-order valence-corrected chi connectivity index (χ0v) is 10.9. The second kappa shape index (κ2) is 6.10. The zero-order chi connectivity index (χ0) is 14.5. The molecular weight excluding hydrogens is 259 g/mol. The lowest BCUT2D eigenvalue weighted by Gasteiger charge is -2.04. The van der Waals surface area contributed by atoms with Crippen molar-refractivity contribution in [3.05, 3.63) is 59.9 Å². The van der Waals surface area contributed by atoms with Gasteiger partial charge in [-0.05, 0) is 30.2 Å². The molecule has 2 aromatic carbocycles. The summed E-state index contributed by atoms with van der Waals surface area (Å²) in [6, 6.07) is 12.6. The van der Waals surface area contributed by atoms with E-state index in [9.17, 15) is 14.0 Å². The van der Waals surface area contributed by atoms with Gasteiger partial charge >= 0.3 is 5.97 Å². The SMILES string of the molecule is CCOC(=O)C(=O)c1ccc(-c2ccc(F)cc2)cc1. The number of carbonyl (C=O) groups is 2. The molecule has 0 aliphatic heterocycles. The Bertz CT molecular complexity index is 615. The van der Waals surface area contributed by atoms with E-state index in [0.29, 0.717) is 0 Å². The summed E-state index contributed by atoms with van der Waals surface area (Å²) in [6.45, 7) is 1.81. The first kappa shape index (κ1) is 13.9. The highest BCUT2D eigenvalue weighted by molar-refractivity contribution is 6.40. The summed E-state index contributed by atoms with van der Waals surface area (Å²) in [7, 11) is 0. The first-order valence-electron chi connectivity index (χ1n) is 6.19. The Labute approximate surface area is 116 Å². The number of hydrogen-bond donors (Lipinski definition) is 0.